The highest BCUT2D eigenvalue weighted by Crippen LogP contribution is 2.27. The first kappa shape index (κ1) is 19.5. The molecule has 0 unspecified atom stereocenters. The molecule has 0 saturated carbocycles. The maximum atomic E-state index is 11.5. The van der Waals surface area contributed by atoms with Crippen LogP contribution in [0.1, 0.15) is 23.6 Å². The Morgan fingerprint density at radius 2 is 1.70 bits per heavy atom. The molecule has 1 heterocycles. The highest BCUT2D eigenvalue weighted by Gasteiger charge is 2.17. The van der Waals surface area contributed by atoms with Gasteiger partial charge in [0.15, 0.2) is 0 Å². The monoisotopic (exact) mass is 397 g/mol. The van der Waals surface area contributed by atoms with Crippen molar-refractivity contribution < 1.29 is 9.63 Å². The normalized spacial score (nSPS) is 11.6. The Balaban J connectivity index is 1.87. The topological polar surface area (TPSA) is 69.6 Å². The van der Waals surface area contributed by atoms with E-state index in [4.69, 9.17) is 10.6 Å². The maximum absolute atomic E-state index is 11.5. The van der Waals surface area contributed by atoms with Gasteiger partial charge in [0.2, 0.25) is 0 Å². The maximum Gasteiger partial charge on any atom is 0.331 e. The minimum atomic E-state index is -0.445. The van der Waals surface area contributed by atoms with E-state index >= 15 is 0 Å². The zero-order valence-corrected chi connectivity index (χ0v) is 17.0. The summed E-state index contributed by atoms with van der Waals surface area (Å²) in [6, 6.07) is 24.0. The summed E-state index contributed by atoms with van der Waals surface area (Å²) in [6.45, 7) is 3.42. The third-order valence-electron chi connectivity index (χ3n) is 5.10. The number of benzene rings is 3. The summed E-state index contributed by atoms with van der Waals surface area (Å²) in [6.07, 6.45) is 2.59. The van der Waals surface area contributed by atoms with E-state index in [2.05, 4.69) is 40.9 Å². The molecule has 0 amide bonds. The van der Waals surface area contributed by atoms with Crippen molar-refractivity contribution in [3.8, 4) is 5.69 Å². The number of fused-ring (bicyclic) bond motifs is 1. The summed E-state index contributed by atoms with van der Waals surface area (Å²) in [5.74, 6) is -0.445. The van der Waals surface area contributed by atoms with E-state index in [1.165, 1.54) is 6.92 Å². The van der Waals surface area contributed by atoms with Crippen molar-refractivity contribution in [2.45, 2.75) is 20.3 Å². The van der Waals surface area contributed by atoms with Crippen molar-refractivity contribution in [2.24, 2.45) is 5.16 Å². The van der Waals surface area contributed by atoms with Crippen LogP contribution < -0.4 is 5.73 Å². The molecule has 4 rings (SSSR count). The van der Waals surface area contributed by atoms with Crippen LogP contribution >= 0.6 is 0 Å². The quantitative estimate of drug-likeness (QED) is 0.222. The summed E-state index contributed by atoms with van der Waals surface area (Å²) in [4.78, 5) is 16.5. The average Bonchev–Trinajstić information content (AvgIpc) is 3.12. The molecule has 4 aromatic rings. The number of anilines is 1. The van der Waals surface area contributed by atoms with Crippen LogP contribution in [0.3, 0.4) is 0 Å². The molecule has 0 radical (unpaired) electrons. The second-order valence-corrected chi connectivity index (χ2v) is 7.25. The van der Waals surface area contributed by atoms with Crippen LogP contribution in [-0.2, 0) is 16.1 Å². The van der Waals surface area contributed by atoms with Crippen molar-refractivity contribution in [3.63, 3.8) is 0 Å². The average molecular weight is 397 g/mol. The van der Waals surface area contributed by atoms with Crippen molar-refractivity contribution in [1.82, 2.24) is 4.57 Å². The zero-order chi connectivity index (χ0) is 21.1. The van der Waals surface area contributed by atoms with Crippen molar-refractivity contribution in [2.75, 3.05) is 5.73 Å². The third-order valence-corrected chi connectivity index (χ3v) is 5.10. The summed E-state index contributed by atoms with van der Waals surface area (Å²) in [7, 11) is 0. The Hall–Kier alpha value is -3.86. The van der Waals surface area contributed by atoms with Gasteiger partial charge in [-0.2, -0.15) is 0 Å². The summed E-state index contributed by atoms with van der Waals surface area (Å²) < 4.78 is 2.10. The van der Waals surface area contributed by atoms with Gasteiger partial charge < -0.3 is 15.1 Å². The van der Waals surface area contributed by atoms with E-state index < -0.39 is 5.97 Å². The van der Waals surface area contributed by atoms with E-state index in [1.54, 1.807) is 0 Å². The largest absolute Gasteiger partial charge is 0.399 e. The molecule has 5 heteroatoms. The molecule has 1 aromatic heterocycles. The van der Waals surface area contributed by atoms with Crippen LogP contribution in [0.2, 0.25) is 0 Å². The Kier molecular flexibility index (Phi) is 5.35. The fraction of sp³-hybridized carbons (Fsp3) is 0.120. The van der Waals surface area contributed by atoms with Gasteiger partial charge in [-0.1, -0.05) is 47.6 Å². The first-order valence-corrected chi connectivity index (χ1v) is 9.78. The van der Waals surface area contributed by atoms with Crippen molar-refractivity contribution in [1.29, 1.82) is 0 Å². The van der Waals surface area contributed by atoms with Gasteiger partial charge in [0, 0.05) is 41.9 Å². The van der Waals surface area contributed by atoms with Crippen LogP contribution in [-0.4, -0.2) is 16.2 Å². The molecule has 0 aliphatic heterocycles. The van der Waals surface area contributed by atoms with E-state index in [-0.39, 0.29) is 0 Å². The number of para-hydroxylation sites is 1. The number of carbonyl (C=O) groups is 1. The second-order valence-electron chi connectivity index (χ2n) is 7.25. The standard InChI is InChI=1S/C25H23N3O2/c1-17-7-3-4-8-19(17)15-24(27-30-18(2)29)23-16-28(21-13-11-20(26)12-14-21)25-10-6-5-9-22(23)25/h3-14,16H,15,26H2,1-2H3/b27-24+. The van der Waals surface area contributed by atoms with Crippen molar-refractivity contribution in [3.05, 3.63) is 95.7 Å². The zero-order valence-electron chi connectivity index (χ0n) is 17.0. The number of aromatic nitrogens is 1. The number of aryl methyl sites for hydroxylation is 1. The Morgan fingerprint density at radius 3 is 2.43 bits per heavy atom. The number of nitrogens with two attached hydrogens (primary N) is 1. The lowest BCUT2D eigenvalue weighted by molar-refractivity contribution is -0.140. The molecule has 0 atom stereocenters. The molecule has 0 saturated heterocycles. The van der Waals surface area contributed by atoms with Crippen LogP contribution in [0.5, 0.6) is 0 Å². The van der Waals surface area contributed by atoms with E-state index in [9.17, 15) is 4.79 Å². The van der Waals surface area contributed by atoms with Gasteiger partial charge in [-0.15, -0.1) is 0 Å². The molecule has 0 spiro atoms. The minimum Gasteiger partial charge on any atom is -0.399 e. The fourth-order valence-electron chi connectivity index (χ4n) is 3.54. The predicted molar refractivity (Wildman–Crippen MR) is 121 cm³/mol. The van der Waals surface area contributed by atoms with Gasteiger partial charge in [0.25, 0.3) is 0 Å². The Bertz CT molecular complexity index is 1240. The van der Waals surface area contributed by atoms with Crippen LogP contribution in [0, 0.1) is 6.92 Å². The third kappa shape index (κ3) is 3.96. The molecule has 0 fully saturated rings. The van der Waals surface area contributed by atoms with E-state index in [1.807, 2.05) is 54.7 Å². The predicted octanol–water partition coefficient (Wildman–Crippen LogP) is 5.03. The molecule has 150 valence electrons. The minimum absolute atomic E-state index is 0.445. The smallest absolute Gasteiger partial charge is 0.331 e. The molecule has 3 aromatic carbocycles. The second kappa shape index (κ2) is 8.25. The summed E-state index contributed by atoms with van der Waals surface area (Å²) >= 11 is 0. The number of oxime groups is 1. The fourth-order valence-corrected chi connectivity index (χ4v) is 3.54. The lowest BCUT2D eigenvalue weighted by Gasteiger charge is -2.08. The van der Waals surface area contributed by atoms with Gasteiger partial charge in [-0.3, -0.25) is 0 Å². The van der Waals surface area contributed by atoms with E-state index in [0.717, 1.165) is 33.3 Å². The molecule has 5 nitrogen and oxygen atoms in total. The summed E-state index contributed by atoms with van der Waals surface area (Å²) in [5, 5.41) is 5.27. The number of hydrogen-bond donors (Lipinski definition) is 1. The molecular formula is C25H23N3O2. The lowest BCUT2D eigenvalue weighted by Crippen LogP contribution is -2.08. The van der Waals surface area contributed by atoms with Gasteiger partial charge in [0.05, 0.1) is 11.2 Å². The van der Waals surface area contributed by atoms with E-state index in [0.29, 0.717) is 17.8 Å². The lowest BCUT2D eigenvalue weighted by atomic mass is 9.98. The number of carbonyl (C=O) groups excluding carboxylic acids is 1. The number of rotatable bonds is 5. The van der Waals surface area contributed by atoms with Crippen molar-refractivity contribution >= 4 is 28.3 Å². The first-order valence-electron chi connectivity index (χ1n) is 9.78. The van der Waals surface area contributed by atoms with Crippen LogP contribution in [0.4, 0.5) is 5.69 Å². The summed E-state index contributed by atoms with van der Waals surface area (Å²) in [5.41, 5.74) is 12.5. The number of hydrogen-bond acceptors (Lipinski definition) is 4. The molecule has 0 bridgehead atoms. The molecule has 0 aliphatic rings. The van der Waals surface area contributed by atoms with Gasteiger partial charge in [0.1, 0.15) is 0 Å². The Labute approximate surface area is 175 Å². The molecule has 30 heavy (non-hydrogen) atoms. The Morgan fingerprint density at radius 1 is 1.00 bits per heavy atom. The highest BCUT2D eigenvalue weighted by molar-refractivity contribution is 6.12. The first-order chi connectivity index (χ1) is 14.5. The van der Waals surface area contributed by atoms with Crippen LogP contribution in [0.25, 0.3) is 16.6 Å². The van der Waals surface area contributed by atoms with Gasteiger partial charge >= 0.3 is 5.97 Å². The number of nitrogen functional groups attached to an aromatic ring is 1. The molecule has 2 N–H and O–H groups in total. The van der Waals surface area contributed by atoms with Gasteiger partial charge in [-0.25, -0.2) is 4.79 Å². The SMILES string of the molecule is CC(=O)O/N=C(\Cc1ccccc1C)c1cn(-c2ccc(N)cc2)c2ccccc12. The van der Waals surface area contributed by atoms with Crippen LogP contribution in [0.15, 0.2) is 84.1 Å². The highest BCUT2D eigenvalue weighted by atomic mass is 16.7. The molecular weight excluding hydrogens is 374 g/mol. The van der Waals surface area contributed by atoms with Gasteiger partial charge in [-0.05, 0) is 48.4 Å². The number of nitrogens with zero attached hydrogens (tertiary/aromatic N) is 2. The molecule has 0 aliphatic carbocycles.